The van der Waals surface area contributed by atoms with E-state index in [0.29, 0.717) is 27.8 Å². The maximum absolute atomic E-state index is 15.2. The summed E-state index contributed by atoms with van der Waals surface area (Å²) in [6.07, 6.45) is 1.44. The quantitative estimate of drug-likeness (QED) is 0.203. The number of fused-ring (bicyclic) bond motifs is 1. The van der Waals surface area contributed by atoms with Crippen molar-refractivity contribution in [3.63, 3.8) is 0 Å². The van der Waals surface area contributed by atoms with Gasteiger partial charge in [-0.05, 0) is 45.0 Å². The first kappa shape index (κ1) is 30.3. The molecule has 1 saturated heterocycles. The Morgan fingerprint density at radius 1 is 1.07 bits per heavy atom. The number of rotatable bonds is 9. The zero-order chi connectivity index (χ0) is 31.7. The third-order valence-electron chi connectivity index (χ3n) is 6.94. The molecule has 0 bridgehead atoms. The molecule has 2 atom stereocenters. The van der Waals surface area contributed by atoms with Gasteiger partial charge in [-0.2, -0.15) is 5.10 Å². The molecule has 230 valence electrons. The van der Waals surface area contributed by atoms with Crippen LogP contribution in [0, 0.1) is 23.4 Å². The van der Waals surface area contributed by atoms with Gasteiger partial charge in [-0.3, -0.25) is 14.7 Å². The second kappa shape index (κ2) is 12.2. The van der Waals surface area contributed by atoms with Crippen molar-refractivity contribution < 1.29 is 37.4 Å². The van der Waals surface area contributed by atoms with Crippen molar-refractivity contribution >= 4 is 46.1 Å². The molecule has 1 aliphatic heterocycles. The second-order valence-electron chi connectivity index (χ2n) is 10.4. The number of benzene rings is 2. The molecule has 15 heteroatoms. The minimum Gasteiger partial charge on any atom is -0.453 e. The molecule has 0 radical (unpaired) electrons. The van der Waals surface area contributed by atoms with Gasteiger partial charge in [0.05, 0.1) is 12.3 Å². The van der Waals surface area contributed by atoms with Crippen molar-refractivity contribution in [3.05, 3.63) is 66.1 Å². The highest BCUT2D eigenvalue weighted by molar-refractivity contribution is 6.23. The van der Waals surface area contributed by atoms with Gasteiger partial charge in [-0.25, -0.2) is 27.8 Å². The van der Waals surface area contributed by atoms with Crippen LogP contribution in [0.5, 0.6) is 11.5 Å². The largest absolute Gasteiger partial charge is 0.453 e. The number of aromatic amines is 1. The number of nitrogens with zero attached hydrogens (tertiary/aromatic N) is 4. The Hall–Kier alpha value is -5.18. The molecule has 12 nitrogen and oxygen atoms in total. The van der Waals surface area contributed by atoms with Crippen molar-refractivity contribution in [2.24, 2.45) is 5.92 Å². The van der Waals surface area contributed by atoms with Crippen LogP contribution in [0.25, 0.3) is 11.0 Å². The number of urea groups is 1. The number of anilines is 3. The second-order valence-corrected chi connectivity index (χ2v) is 10.4. The van der Waals surface area contributed by atoms with E-state index in [1.165, 1.54) is 29.3 Å². The van der Waals surface area contributed by atoms with E-state index in [0.717, 1.165) is 18.2 Å². The van der Waals surface area contributed by atoms with Crippen molar-refractivity contribution in [1.82, 2.24) is 20.1 Å². The number of hydrogen-bond acceptors (Lipinski definition) is 8. The molecule has 2 aromatic carbocycles. The molecule has 4 amide bonds. The lowest BCUT2D eigenvalue weighted by molar-refractivity contribution is -0.132. The fourth-order valence-electron chi connectivity index (χ4n) is 4.62. The number of amides is 4. The van der Waals surface area contributed by atoms with Gasteiger partial charge in [0.15, 0.2) is 34.7 Å². The van der Waals surface area contributed by atoms with Gasteiger partial charge in [0.1, 0.15) is 17.1 Å². The Labute approximate surface area is 248 Å². The minimum atomic E-state index is -1.43. The molecule has 4 N–H and O–H groups in total. The molecule has 4 aromatic rings. The van der Waals surface area contributed by atoms with E-state index in [9.17, 15) is 28.3 Å². The van der Waals surface area contributed by atoms with Crippen LogP contribution >= 0.6 is 0 Å². The van der Waals surface area contributed by atoms with Crippen LogP contribution in [-0.2, 0) is 9.59 Å². The molecule has 44 heavy (non-hydrogen) atoms. The molecular formula is C29H28F3N7O5. The zero-order valence-corrected chi connectivity index (χ0v) is 23.8. The van der Waals surface area contributed by atoms with E-state index >= 15 is 4.39 Å². The van der Waals surface area contributed by atoms with Crippen molar-refractivity contribution in [1.29, 1.82) is 0 Å². The van der Waals surface area contributed by atoms with Crippen LogP contribution in [0.1, 0.15) is 20.8 Å². The fraction of sp³-hybridized carbons (Fsp3) is 0.276. The standard InChI is InChI=1S/C29H28F3N7O5/c1-14(2)38-12-18(28(42)39(29(38)43)17-5-6-19(30)20(31)11-17)27(41)35-16-4-7-22(21(32)10-16)44-23-8-9-33-25-24(23)26(37-36-25)34-15(3)13-40/h4-11,14-15,18,40H,12-13H2,1-3H3,(H,35,41)(H2,33,34,36,37)/t15-,18?/m0/s1. The van der Waals surface area contributed by atoms with Crippen molar-refractivity contribution in [2.75, 3.05) is 28.7 Å². The Bertz CT molecular complexity index is 1750. The number of pyridine rings is 1. The van der Waals surface area contributed by atoms with Gasteiger partial charge in [0.2, 0.25) is 11.8 Å². The zero-order valence-electron chi connectivity index (χ0n) is 23.8. The number of H-pyrrole nitrogens is 1. The number of nitrogens with one attached hydrogen (secondary N) is 3. The summed E-state index contributed by atoms with van der Waals surface area (Å²) in [6.45, 7) is 4.65. The van der Waals surface area contributed by atoms with Crippen LogP contribution in [0.4, 0.5) is 35.2 Å². The summed E-state index contributed by atoms with van der Waals surface area (Å²) in [5, 5.41) is 22.2. The summed E-state index contributed by atoms with van der Waals surface area (Å²) in [5.74, 6) is -6.11. The summed E-state index contributed by atoms with van der Waals surface area (Å²) in [4.78, 5) is 45.7. The molecule has 3 heterocycles. The molecule has 5 rings (SSSR count). The Morgan fingerprint density at radius 2 is 1.84 bits per heavy atom. The first-order chi connectivity index (χ1) is 21.0. The highest BCUT2D eigenvalue weighted by Gasteiger charge is 2.44. The van der Waals surface area contributed by atoms with E-state index < -0.39 is 47.3 Å². The lowest BCUT2D eigenvalue weighted by Gasteiger charge is -2.39. The lowest BCUT2D eigenvalue weighted by atomic mass is 10.0. The third kappa shape index (κ3) is 5.86. The van der Waals surface area contributed by atoms with Gasteiger partial charge in [-0.1, -0.05) is 0 Å². The van der Waals surface area contributed by atoms with Crippen molar-refractivity contribution in [3.8, 4) is 11.5 Å². The summed E-state index contributed by atoms with van der Waals surface area (Å²) in [5.41, 5.74) is 0.131. The molecule has 0 saturated carbocycles. The summed E-state index contributed by atoms with van der Waals surface area (Å²) in [6, 6.07) is 6.13. The summed E-state index contributed by atoms with van der Waals surface area (Å²) >= 11 is 0. The number of hydrogen-bond donors (Lipinski definition) is 4. The van der Waals surface area contributed by atoms with E-state index in [2.05, 4.69) is 25.8 Å². The summed E-state index contributed by atoms with van der Waals surface area (Å²) in [7, 11) is 0. The van der Waals surface area contributed by atoms with Gasteiger partial charge in [-0.15, -0.1) is 0 Å². The smallest absolute Gasteiger partial charge is 0.331 e. The number of ether oxygens (including phenoxy) is 1. The first-order valence-corrected chi connectivity index (χ1v) is 13.6. The third-order valence-corrected chi connectivity index (χ3v) is 6.94. The van der Waals surface area contributed by atoms with Crippen molar-refractivity contribution in [2.45, 2.75) is 32.9 Å². The Kier molecular flexibility index (Phi) is 8.40. The van der Waals surface area contributed by atoms with E-state index in [1.54, 1.807) is 20.8 Å². The average molecular weight is 612 g/mol. The van der Waals surface area contributed by atoms with Crippen LogP contribution in [0.15, 0.2) is 48.7 Å². The first-order valence-electron chi connectivity index (χ1n) is 13.6. The maximum atomic E-state index is 15.2. The minimum absolute atomic E-state index is 0.00216. The lowest BCUT2D eigenvalue weighted by Crippen LogP contribution is -2.61. The van der Waals surface area contributed by atoms with E-state index in [1.807, 2.05) is 0 Å². The van der Waals surface area contributed by atoms with Gasteiger partial charge in [0, 0.05) is 48.7 Å². The van der Waals surface area contributed by atoms with Crippen LogP contribution in [-0.4, -0.2) is 68.3 Å². The number of aliphatic hydroxyl groups is 1. The summed E-state index contributed by atoms with van der Waals surface area (Å²) < 4.78 is 48.5. The molecule has 2 aromatic heterocycles. The van der Waals surface area contributed by atoms with Crippen LogP contribution in [0.3, 0.4) is 0 Å². The molecule has 1 unspecified atom stereocenters. The number of aromatic nitrogens is 3. The molecule has 0 aliphatic carbocycles. The average Bonchev–Trinajstić information content (AvgIpc) is 3.39. The SMILES string of the molecule is CC(C)N1CC(C(=O)Nc2ccc(Oc3ccnc4[nH]nc(N[C@@H](C)CO)c34)c(F)c2)C(=O)N(c2ccc(F)c(F)c2)C1=O. The van der Waals surface area contributed by atoms with Crippen LogP contribution < -0.4 is 20.3 Å². The molecule has 1 aliphatic rings. The Morgan fingerprint density at radius 3 is 2.52 bits per heavy atom. The van der Waals surface area contributed by atoms with E-state index in [4.69, 9.17) is 4.74 Å². The predicted octanol–water partition coefficient (Wildman–Crippen LogP) is 4.39. The molecular weight excluding hydrogens is 583 g/mol. The number of carbonyl (C=O) groups is 3. The van der Waals surface area contributed by atoms with Crippen LogP contribution in [0.2, 0.25) is 0 Å². The van der Waals surface area contributed by atoms with Gasteiger partial charge < -0.3 is 25.4 Å². The number of aliphatic hydroxyl groups excluding tert-OH is 1. The molecule has 0 spiro atoms. The van der Waals surface area contributed by atoms with E-state index in [-0.39, 0.29) is 42.1 Å². The normalized spacial score (nSPS) is 16.0. The fourth-order valence-corrected chi connectivity index (χ4v) is 4.62. The highest BCUT2D eigenvalue weighted by atomic mass is 19.2. The predicted molar refractivity (Wildman–Crippen MR) is 154 cm³/mol. The number of carbonyl (C=O) groups excluding carboxylic acids is 3. The maximum Gasteiger partial charge on any atom is 0.331 e. The number of imide groups is 1. The molecule has 1 fully saturated rings. The van der Waals surface area contributed by atoms with Gasteiger partial charge >= 0.3 is 6.03 Å². The number of halogens is 3. The highest BCUT2D eigenvalue weighted by Crippen LogP contribution is 2.35. The topological polar surface area (TPSA) is 153 Å². The monoisotopic (exact) mass is 611 g/mol. The Balaban J connectivity index is 1.36. The van der Waals surface area contributed by atoms with Gasteiger partial charge in [0.25, 0.3) is 0 Å².